The van der Waals surface area contributed by atoms with E-state index in [1.165, 1.54) is 6.92 Å². The van der Waals surface area contributed by atoms with E-state index >= 15 is 0 Å². The first-order valence-corrected chi connectivity index (χ1v) is 6.98. The molecule has 1 aliphatic rings. The highest BCUT2D eigenvalue weighted by atomic mass is 16.5. The number of carbonyl (C=O) groups excluding carboxylic acids is 2. The minimum absolute atomic E-state index is 0.0148. The molecule has 2 atom stereocenters. The summed E-state index contributed by atoms with van der Waals surface area (Å²) in [5, 5.41) is 0. The van der Waals surface area contributed by atoms with Gasteiger partial charge in [-0.15, -0.1) is 0 Å². The highest BCUT2D eigenvalue weighted by Crippen LogP contribution is 2.23. The maximum absolute atomic E-state index is 11.6. The number of Topliss-reactive ketones (excluding diaryl/α,β-unsaturated/α-hetero) is 1. The Balaban J connectivity index is 2.39. The van der Waals surface area contributed by atoms with E-state index in [0.29, 0.717) is 12.3 Å². The minimum atomic E-state index is -0.230. The lowest BCUT2D eigenvalue weighted by molar-refractivity contribution is -0.151. The highest BCUT2D eigenvalue weighted by molar-refractivity contribution is 5.81. The second-order valence-corrected chi connectivity index (χ2v) is 5.16. The fraction of sp³-hybridized carbons (Fsp3) is 0.857. The van der Waals surface area contributed by atoms with Gasteiger partial charge in [-0.3, -0.25) is 9.69 Å². The smallest absolute Gasteiger partial charge is 0.306 e. The van der Waals surface area contributed by atoms with Crippen LogP contribution in [0.15, 0.2) is 0 Å². The molecule has 0 unspecified atom stereocenters. The van der Waals surface area contributed by atoms with Crippen LogP contribution in [0, 0.1) is 5.92 Å². The summed E-state index contributed by atoms with van der Waals surface area (Å²) >= 11 is 0. The molecule has 0 aliphatic carbocycles. The van der Waals surface area contributed by atoms with Gasteiger partial charge in [-0.25, -0.2) is 0 Å². The molecule has 1 heterocycles. The molecule has 0 bridgehead atoms. The number of hydrogen-bond acceptors (Lipinski definition) is 4. The summed E-state index contributed by atoms with van der Waals surface area (Å²) in [5.74, 6) is 0.253. The number of esters is 1. The van der Waals surface area contributed by atoms with Crippen LogP contribution in [0.1, 0.15) is 46.5 Å². The highest BCUT2D eigenvalue weighted by Gasteiger charge is 2.33. The third kappa shape index (κ3) is 4.77. The molecule has 1 fully saturated rings. The lowest BCUT2D eigenvalue weighted by Crippen LogP contribution is -2.27. The second kappa shape index (κ2) is 7.52. The van der Waals surface area contributed by atoms with Crippen molar-refractivity contribution >= 4 is 11.8 Å². The van der Waals surface area contributed by atoms with Crippen LogP contribution >= 0.6 is 0 Å². The molecule has 0 saturated carbocycles. The first-order chi connectivity index (χ1) is 8.56. The van der Waals surface area contributed by atoms with Crippen molar-refractivity contribution < 1.29 is 14.3 Å². The molecule has 104 valence electrons. The Labute approximate surface area is 110 Å². The normalized spacial score (nSPS) is 24.2. The average molecular weight is 255 g/mol. The van der Waals surface area contributed by atoms with E-state index in [1.54, 1.807) is 0 Å². The second-order valence-electron chi connectivity index (χ2n) is 5.16. The van der Waals surface area contributed by atoms with E-state index in [0.717, 1.165) is 32.5 Å². The van der Waals surface area contributed by atoms with Crippen molar-refractivity contribution in [3.8, 4) is 0 Å². The third-order valence-electron chi connectivity index (χ3n) is 3.48. The van der Waals surface area contributed by atoms with Gasteiger partial charge in [0.2, 0.25) is 0 Å². The molecule has 0 amide bonds. The van der Waals surface area contributed by atoms with Crippen LogP contribution in [0.5, 0.6) is 0 Å². The van der Waals surface area contributed by atoms with Crippen LogP contribution < -0.4 is 0 Å². The molecule has 0 aromatic heterocycles. The summed E-state index contributed by atoms with van der Waals surface area (Å²) in [4.78, 5) is 24.8. The predicted octanol–water partition coefficient (Wildman–Crippen LogP) is 2.02. The molecule has 0 radical (unpaired) electrons. The Bertz CT molecular complexity index is 291. The van der Waals surface area contributed by atoms with Crippen molar-refractivity contribution in [3.63, 3.8) is 0 Å². The van der Waals surface area contributed by atoms with Crippen LogP contribution in [0.4, 0.5) is 0 Å². The van der Waals surface area contributed by atoms with Gasteiger partial charge in [0.05, 0.1) is 6.42 Å². The van der Waals surface area contributed by atoms with Crippen LogP contribution in [0.25, 0.3) is 0 Å². The molecule has 1 aliphatic heterocycles. The van der Waals surface area contributed by atoms with Gasteiger partial charge < -0.3 is 9.53 Å². The summed E-state index contributed by atoms with van der Waals surface area (Å²) < 4.78 is 5.51. The first-order valence-electron chi connectivity index (χ1n) is 6.98. The lowest BCUT2D eigenvalue weighted by atomic mass is 10.0. The van der Waals surface area contributed by atoms with Gasteiger partial charge in [-0.1, -0.05) is 13.8 Å². The quantitative estimate of drug-likeness (QED) is 0.653. The van der Waals surface area contributed by atoms with Crippen molar-refractivity contribution in [3.05, 3.63) is 0 Å². The zero-order chi connectivity index (χ0) is 13.5. The van der Waals surface area contributed by atoms with Gasteiger partial charge in [-0.2, -0.15) is 0 Å². The van der Waals surface area contributed by atoms with Crippen LogP contribution in [-0.4, -0.2) is 42.4 Å². The van der Waals surface area contributed by atoms with Crippen molar-refractivity contribution in [2.75, 3.05) is 19.6 Å². The number of ketones is 1. The van der Waals surface area contributed by atoms with Gasteiger partial charge in [0.15, 0.2) is 0 Å². The average Bonchev–Trinajstić information content (AvgIpc) is 2.69. The number of ether oxygens (including phenoxy) is 1. The van der Waals surface area contributed by atoms with E-state index in [9.17, 15) is 9.59 Å². The van der Waals surface area contributed by atoms with E-state index in [1.807, 2.05) is 0 Å². The van der Waals surface area contributed by atoms with Gasteiger partial charge in [0, 0.05) is 25.4 Å². The molecule has 1 saturated heterocycles. The minimum Gasteiger partial charge on any atom is -0.461 e. The topological polar surface area (TPSA) is 46.6 Å². The number of carbonyl (C=O) groups is 2. The largest absolute Gasteiger partial charge is 0.461 e. The molecule has 0 N–H and O–H groups in total. The van der Waals surface area contributed by atoms with Gasteiger partial charge in [-0.05, 0) is 26.3 Å². The molecule has 18 heavy (non-hydrogen) atoms. The fourth-order valence-electron chi connectivity index (χ4n) is 2.46. The SMILES string of the molecule is CCCN1C[C@@H](CC)[C@H](OC(=O)CCC(C)=O)C1. The molecular formula is C14H25NO3. The number of likely N-dealkylation sites (tertiary alicyclic amines) is 1. The summed E-state index contributed by atoms with van der Waals surface area (Å²) in [6, 6.07) is 0. The van der Waals surface area contributed by atoms with E-state index < -0.39 is 0 Å². The molecular weight excluding hydrogens is 230 g/mol. The maximum atomic E-state index is 11.6. The van der Waals surface area contributed by atoms with E-state index in [4.69, 9.17) is 4.74 Å². The van der Waals surface area contributed by atoms with Crippen LogP contribution in [0.3, 0.4) is 0 Å². The Morgan fingerprint density at radius 3 is 2.50 bits per heavy atom. The monoisotopic (exact) mass is 255 g/mol. The summed E-state index contributed by atoms with van der Waals surface area (Å²) in [6.45, 7) is 8.73. The molecule has 1 rings (SSSR count). The van der Waals surface area contributed by atoms with E-state index in [-0.39, 0.29) is 24.3 Å². The van der Waals surface area contributed by atoms with E-state index in [2.05, 4.69) is 18.7 Å². The standard InChI is InChI=1S/C14H25NO3/c1-4-8-15-9-12(5-2)13(10-15)18-14(17)7-6-11(3)16/h12-13H,4-10H2,1-3H3/t12-,13-/m1/s1. The summed E-state index contributed by atoms with van der Waals surface area (Å²) in [6.07, 6.45) is 2.68. The fourth-order valence-corrected chi connectivity index (χ4v) is 2.46. The Morgan fingerprint density at radius 1 is 1.22 bits per heavy atom. The van der Waals surface area contributed by atoms with Crippen molar-refractivity contribution in [2.24, 2.45) is 5.92 Å². The first kappa shape index (κ1) is 15.2. The number of nitrogens with zero attached hydrogens (tertiary/aromatic N) is 1. The van der Waals surface area contributed by atoms with Gasteiger partial charge in [0.25, 0.3) is 0 Å². The summed E-state index contributed by atoms with van der Waals surface area (Å²) in [7, 11) is 0. The van der Waals surface area contributed by atoms with Gasteiger partial charge >= 0.3 is 5.97 Å². The maximum Gasteiger partial charge on any atom is 0.306 e. The number of hydrogen-bond donors (Lipinski definition) is 0. The number of rotatable bonds is 7. The Kier molecular flexibility index (Phi) is 6.33. The zero-order valence-corrected chi connectivity index (χ0v) is 11.8. The Hall–Kier alpha value is -0.900. The van der Waals surface area contributed by atoms with Crippen LogP contribution in [0.2, 0.25) is 0 Å². The lowest BCUT2D eigenvalue weighted by Gasteiger charge is -2.17. The summed E-state index contributed by atoms with van der Waals surface area (Å²) in [5.41, 5.74) is 0. The van der Waals surface area contributed by atoms with Crippen molar-refractivity contribution in [1.29, 1.82) is 0 Å². The van der Waals surface area contributed by atoms with Crippen molar-refractivity contribution in [2.45, 2.75) is 52.6 Å². The molecule has 4 heteroatoms. The van der Waals surface area contributed by atoms with Gasteiger partial charge in [0.1, 0.15) is 11.9 Å². The molecule has 0 aromatic carbocycles. The zero-order valence-electron chi connectivity index (χ0n) is 11.8. The molecule has 0 spiro atoms. The molecule has 4 nitrogen and oxygen atoms in total. The third-order valence-corrected chi connectivity index (χ3v) is 3.48. The predicted molar refractivity (Wildman–Crippen MR) is 70.3 cm³/mol. The Morgan fingerprint density at radius 2 is 1.94 bits per heavy atom. The van der Waals surface area contributed by atoms with Crippen molar-refractivity contribution in [1.82, 2.24) is 4.90 Å². The van der Waals surface area contributed by atoms with Crippen LogP contribution in [-0.2, 0) is 14.3 Å². The molecule has 0 aromatic rings.